The molecule has 3 rings (SSSR count). The van der Waals surface area contributed by atoms with Crippen molar-refractivity contribution in [1.29, 1.82) is 0 Å². The van der Waals surface area contributed by atoms with Gasteiger partial charge in [0.15, 0.2) is 0 Å². The van der Waals surface area contributed by atoms with E-state index in [9.17, 15) is 9.90 Å². The van der Waals surface area contributed by atoms with Crippen LogP contribution in [0.5, 0.6) is 11.5 Å². The van der Waals surface area contributed by atoms with E-state index >= 15 is 0 Å². The van der Waals surface area contributed by atoms with Gasteiger partial charge in [-0.15, -0.1) is 11.6 Å². The van der Waals surface area contributed by atoms with E-state index < -0.39 is 12.1 Å². The zero-order chi connectivity index (χ0) is 22.8. The van der Waals surface area contributed by atoms with E-state index in [1.54, 1.807) is 42.5 Å². The fraction of sp³-hybridized carbons (Fsp3) is 0.240. The zero-order valence-corrected chi connectivity index (χ0v) is 18.3. The molecule has 168 valence electrons. The number of aliphatic hydroxyl groups excluding tert-OH is 1. The van der Waals surface area contributed by atoms with E-state index in [2.05, 4.69) is 0 Å². The van der Waals surface area contributed by atoms with Crippen molar-refractivity contribution in [1.82, 2.24) is 0 Å². The van der Waals surface area contributed by atoms with E-state index in [1.165, 1.54) is 0 Å². The molecule has 1 unspecified atom stereocenters. The summed E-state index contributed by atoms with van der Waals surface area (Å²) in [6, 6.07) is 21.5. The van der Waals surface area contributed by atoms with E-state index in [0.29, 0.717) is 36.2 Å². The highest BCUT2D eigenvalue weighted by molar-refractivity contribution is 6.17. The van der Waals surface area contributed by atoms with Crippen LogP contribution in [0.3, 0.4) is 0 Å². The molecule has 0 aliphatic rings. The van der Waals surface area contributed by atoms with Crippen LogP contribution in [0.25, 0.3) is 0 Å². The van der Waals surface area contributed by atoms with Gasteiger partial charge in [-0.1, -0.05) is 42.5 Å². The molecular formula is C25H26ClNO5. The summed E-state index contributed by atoms with van der Waals surface area (Å²) in [5.74, 6) is 1.09. The van der Waals surface area contributed by atoms with Crippen LogP contribution in [-0.4, -0.2) is 30.2 Å². The summed E-state index contributed by atoms with van der Waals surface area (Å²) in [4.78, 5) is 12.5. The number of esters is 1. The molecule has 6 nitrogen and oxygen atoms in total. The first-order valence-electron chi connectivity index (χ1n) is 10.3. The Labute approximate surface area is 192 Å². The van der Waals surface area contributed by atoms with Crippen LogP contribution < -0.4 is 15.2 Å². The largest absolute Gasteiger partial charge is 0.494 e. The summed E-state index contributed by atoms with van der Waals surface area (Å²) in [5.41, 5.74) is 8.01. The molecule has 1 atom stereocenters. The molecule has 3 aromatic rings. The van der Waals surface area contributed by atoms with Gasteiger partial charge in [-0.25, -0.2) is 4.79 Å². The van der Waals surface area contributed by atoms with Crippen LogP contribution >= 0.6 is 11.6 Å². The summed E-state index contributed by atoms with van der Waals surface area (Å²) >= 11 is 5.63. The number of carbonyl (C=O) groups excluding carboxylic acids is 1. The van der Waals surface area contributed by atoms with Crippen LogP contribution in [-0.2, 0) is 11.3 Å². The molecule has 32 heavy (non-hydrogen) atoms. The lowest BCUT2D eigenvalue weighted by Crippen LogP contribution is -2.14. The highest BCUT2D eigenvalue weighted by Crippen LogP contribution is 2.23. The quantitative estimate of drug-likeness (QED) is 0.188. The first kappa shape index (κ1) is 23.4. The highest BCUT2D eigenvalue weighted by Gasteiger charge is 2.16. The molecule has 0 heterocycles. The number of hydrogen-bond acceptors (Lipinski definition) is 6. The normalized spacial score (nSPS) is 11.6. The van der Waals surface area contributed by atoms with Crippen molar-refractivity contribution in [3.8, 4) is 11.5 Å². The molecule has 0 saturated carbocycles. The molecule has 0 aromatic heterocycles. The van der Waals surface area contributed by atoms with Crippen molar-refractivity contribution in [2.24, 2.45) is 0 Å². The molecular weight excluding hydrogens is 430 g/mol. The number of halogens is 1. The Morgan fingerprint density at radius 1 is 0.969 bits per heavy atom. The lowest BCUT2D eigenvalue weighted by molar-refractivity contribution is 0.0254. The van der Waals surface area contributed by atoms with Gasteiger partial charge in [0.05, 0.1) is 12.2 Å². The lowest BCUT2D eigenvalue weighted by Gasteiger charge is -2.14. The third kappa shape index (κ3) is 6.90. The van der Waals surface area contributed by atoms with Crippen LogP contribution in [0.15, 0.2) is 72.8 Å². The highest BCUT2D eigenvalue weighted by atomic mass is 35.5. The number of ether oxygens (including phenoxy) is 3. The molecule has 0 saturated heterocycles. The van der Waals surface area contributed by atoms with E-state index in [1.807, 2.05) is 30.3 Å². The summed E-state index contributed by atoms with van der Waals surface area (Å²) in [6.07, 6.45) is -0.224. The van der Waals surface area contributed by atoms with Crippen LogP contribution in [0.2, 0.25) is 0 Å². The number of benzene rings is 3. The lowest BCUT2D eigenvalue weighted by atomic mass is 10.1. The van der Waals surface area contributed by atoms with Crippen LogP contribution in [0, 0.1) is 0 Å². The van der Waals surface area contributed by atoms with Crippen LogP contribution in [0.1, 0.15) is 34.0 Å². The molecule has 3 N–H and O–H groups in total. The maximum atomic E-state index is 12.5. The topological polar surface area (TPSA) is 91.0 Å². The van der Waals surface area contributed by atoms with Gasteiger partial charge in [0.1, 0.15) is 30.8 Å². The van der Waals surface area contributed by atoms with Gasteiger partial charge in [-0.2, -0.15) is 0 Å². The average Bonchev–Trinajstić information content (AvgIpc) is 2.83. The fourth-order valence-corrected chi connectivity index (χ4v) is 3.01. The smallest absolute Gasteiger partial charge is 0.340 e. The van der Waals surface area contributed by atoms with Gasteiger partial charge in [0.25, 0.3) is 0 Å². The second-order valence-electron chi connectivity index (χ2n) is 7.10. The van der Waals surface area contributed by atoms with Gasteiger partial charge in [-0.3, -0.25) is 0 Å². The number of aliphatic hydroxyl groups is 1. The average molecular weight is 456 g/mol. The van der Waals surface area contributed by atoms with Crippen LogP contribution in [0.4, 0.5) is 5.69 Å². The number of nitrogen functional groups attached to an aromatic ring is 1. The predicted molar refractivity (Wildman–Crippen MR) is 124 cm³/mol. The third-order valence-electron chi connectivity index (χ3n) is 4.68. The Hall–Kier alpha value is -3.22. The molecule has 0 radical (unpaired) electrons. The maximum absolute atomic E-state index is 12.5. The molecule has 7 heteroatoms. The second-order valence-corrected chi connectivity index (χ2v) is 7.48. The number of alkyl halides is 1. The third-order valence-corrected chi connectivity index (χ3v) is 4.94. The van der Waals surface area contributed by atoms with Crippen molar-refractivity contribution in [3.05, 3.63) is 89.5 Å². The number of nitrogens with two attached hydrogens (primary N) is 1. The Kier molecular flexibility index (Phi) is 8.78. The summed E-state index contributed by atoms with van der Waals surface area (Å²) in [6.45, 7) is 0.682. The minimum absolute atomic E-state index is 0.186. The van der Waals surface area contributed by atoms with E-state index in [0.717, 1.165) is 12.0 Å². The van der Waals surface area contributed by atoms with Crippen molar-refractivity contribution in [3.63, 3.8) is 0 Å². The minimum Gasteiger partial charge on any atom is -0.494 e. The first-order chi connectivity index (χ1) is 15.6. The molecule has 0 spiro atoms. The first-order valence-corrected chi connectivity index (χ1v) is 10.8. The summed E-state index contributed by atoms with van der Waals surface area (Å²) in [7, 11) is 0. The second kappa shape index (κ2) is 12.0. The van der Waals surface area contributed by atoms with Crippen molar-refractivity contribution < 1.29 is 24.1 Å². The predicted octanol–water partition coefficient (Wildman–Crippen LogP) is 4.75. The van der Waals surface area contributed by atoms with Gasteiger partial charge in [0.2, 0.25) is 0 Å². The van der Waals surface area contributed by atoms with E-state index in [4.69, 9.17) is 31.5 Å². The monoisotopic (exact) mass is 455 g/mol. The Morgan fingerprint density at radius 3 is 2.41 bits per heavy atom. The van der Waals surface area contributed by atoms with Gasteiger partial charge < -0.3 is 25.1 Å². The molecule has 0 aliphatic heterocycles. The molecule has 0 amide bonds. The van der Waals surface area contributed by atoms with Crippen molar-refractivity contribution in [2.75, 3.05) is 24.8 Å². The van der Waals surface area contributed by atoms with Crippen molar-refractivity contribution in [2.45, 2.75) is 19.1 Å². The Balaban J connectivity index is 1.54. The van der Waals surface area contributed by atoms with Gasteiger partial charge >= 0.3 is 5.97 Å². The van der Waals surface area contributed by atoms with Gasteiger partial charge in [-0.05, 0) is 47.9 Å². The Bertz CT molecular complexity index is 995. The zero-order valence-electron chi connectivity index (χ0n) is 17.6. The standard InChI is InChI=1S/C25H26ClNO5/c26-13-4-14-30-20-9-7-19(8-10-20)24(28)17-32-25(29)22-15-21(11-12-23(22)27)31-16-18-5-2-1-3-6-18/h1-3,5-12,15,24,28H,4,13-14,16-17,27H2. The van der Waals surface area contributed by atoms with Crippen molar-refractivity contribution >= 4 is 23.3 Å². The summed E-state index contributed by atoms with van der Waals surface area (Å²) in [5, 5.41) is 10.4. The van der Waals surface area contributed by atoms with Gasteiger partial charge in [0, 0.05) is 11.6 Å². The fourth-order valence-electron chi connectivity index (χ4n) is 2.90. The minimum atomic E-state index is -0.977. The summed E-state index contributed by atoms with van der Waals surface area (Å²) < 4.78 is 16.6. The van der Waals surface area contributed by atoms with E-state index in [-0.39, 0.29) is 17.9 Å². The number of anilines is 1. The Morgan fingerprint density at radius 2 is 1.69 bits per heavy atom. The molecule has 3 aromatic carbocycles. The number of rotatable bonds is 11. The SMILES string of the molecule is Nc1ccc(OCc2ccccc2)cc1C(=O)OCC(O)c1ccc(OCCCCl)cc1. The number of carbonyl (C=O) groups is 1. The molecule has 0 aliphatic carbocycles. The maximum Gasteiger partial charge on any atom is 0.340 e. The number of hydrogen-bond donors (Lipinski definition) is 2. The molecule has 0 fully saturated rings. The molecule has 0 bridgehead atoms.